The highest BCUT2D eigenvalue weighted by Gasteiger charge is 2.22. The van der Waals surface area contributed by atoms with Crippen molar-refractivity contribution in [3.8, 4) is 5.75 Å². The molecular weight excluding hydrogens is 368 g/mol. The molecule has 0 spiro atoms. The molecule has 2 heteroatoms. The highest BCUT2D eigenvalue weighted by molar-refractivity contribution is 5.91. The molecule has 1 unspecified atom stereocenters. The van der Waals surface area contributed by atoms with Crippen LogP contribution in [0.25, 0.3) is 0 Å². The van der Waals surface area contributed by atoms with Crippen LogP contribution < -0.4 is 4.74 Å². The van der Waals surface area contributed by atoms with Crippen LogP contribution in [0.3, 0.4) is 0 Å². The van der Waals surface area contributed by atoms with Gasteiger partial charge in [0.1, 0.15) is 5.75 Å². The fourth-order valence-corrected chi connectivity index (χ4v) is 4.66. The fraction of sp³-hybridized carbons (Fsp3) is 0.464. The Labute approximate surface area is 182 Å². The molecular formula is C28H36O2. The van der Waals surface area contributed by atoms with Gasteiger partial charge >= 0.3 is 5.97 Å². The highest BCUT2D eigenvalue weighted by Crippen LogP contribution is 2.37. The predicted octanol–water partition coefficient (Wildman–Crippen LogP) is 8.05. The van der Waals surface area contributed by atoms with Gasteiger partial charge in [0.05, 0.1) is 5.56 Å². The van der Waals surface area contributed by atoms with Gasteiger partial charge < -0.3 is 4.74 Å². The Morgan fingerprint density at radius 1 is 1.03 bits per heavy atom. The number of unbranched alkanes of at least 4 members (excludes halogenated alkanes) is 1. The fourth-order valence-electron chi connectivity index (χ4n) is 4.66. The van der Waals surface area contributed by atoms with Gasteiger partial charge in [0.15, 0.2) is 0 Å². The van der Waals surface area contributed by atoms with Crippen molar-refractivity contribution < 1.29 is 9.53 Å². The average molecular weight is 405 g/mol. The van der Waals surface area contributed by atoms with E-state index in [9.17, 15) is 4.79 Å². The van der Waals surface area contributed by atoms with Crippen molar-refractivity contribution in [2.24, 2.45) is 5.92 Å². The first-order chi connectivity index (χ1) is 14.6. The lowest BCUT2D eigenvalue weighted by Crippen LogP contribution is -2.14. The summed E-state index contributed by atoms with van der Waals surface area (Å²) in [5.74, 6) is 2.17. The number of ether oxygens (including phenoxy) is 1. The first kappa shape index (κ1) is 22.3. The van der Waals surface area contributed by atoms with Crippen LogP contribution >= 0.6 is 0 Å². The van der Waals surface area contributed by atoms with Crippen molar-refractivity contribution in [1.82, 2.24) is 0 Å². The Morgan fingerprint density at radius 3 is 2.27 bits per heavy atom. The van der Waals surface area contributed by atoms with E-state index < -0.39 is 0 Å². The van der Waals surface area contributed by atoms with Gasteiger partial charge in [-0.1, -0.05) is 63.5 Å². The molecule has 1 fully saturated rings. The molecule has 3 rings (SSSR count). The lowest BCUT2D eigenvalue weighted by atomic mass is 9.77. The first-order valence-electron chi connectivity index (χ1n) is 11.7. The van der Waals surface area contributed by atoms with E-state index in [0.29, 0.717) is 23.1 Å². The van der Waals surface area contributed by atoms with E-state index in [1.807, 2.05) is 42.5 Å². The van der Waals surface area contributed by atoms with Gasteiger partial charge in [-0.15, -0.1) is 6.58 Å². The van der Waals surface area contributed by atoms with Crippen molar-refractivity contribution in [3.63, 3.8) is 0 Å². The molecule has 0 amide bonds. The molecule has 0 aliphatic heterocycles. The van der Waals surface area contributed by atoms with Crippen molar-refractivity contribution in [3.05, 3.63) is 77.9 Å². The molecule has 1 aliphatic carbocycles. The molecule has 0 heterocycles. The summed E-state index contributed by atoms with van der Waals surface area (Å²) in [7, 11) is 0. The zero-order chi connectivity index (χ0) is 21.3. The zero-order valence-corrected chi connectivity index (χ0v) is 18.6. The molecule has 0 radical (unpaired) electrons. The number of carbonyl (C=O) groups is 1. The van der Waals surface area contributed by atoms with Crippen molar-refractivity contribution in [2.45, 2.75) is 77.0 Å². The molecule has 1 aliphatic rings. The second kappa shape index (κ2) is 11.2. The second-order valence-electron chi connectivity index (χ2n) is 8.69. The quantitative estimate of drug-likeness (QED) is 0.240. The van der Waals surface area contributed by atoms with Gasteiger partial charge in [-0.3, -0.25) is 0 Å². The SMILES string of the molecule is C=CC(CC)c1ccc(OC(=O)c2ccc([C@H]3CC[C@H](CCCC)CC3)cc2)cc1. The van der Waals surface area contributed by atoms with Crippen LogP contribution in [0.1, 0.15) is 98.5 Å². The maximum atomic E-state index is 12.5. The lowest BCUT2D eigenvalue weighted by Gasteiger charge is -2.28. The van der Waals surface area contributed by atoms with Crippen molar-refractivity contribution in [1.29, 1.82) is 0 Å². The van der Waals surface area contributed by atoms with Crippen LogP contribution in [-0.2, 0) is 0 Å². The standard InChI is InChI=1S/C28H36O2/c1-4-7-8-21-9-11-24(12-10-21)25-13-15-26(16-14-25)28(29)30-27-19-17-23(18-20-27)22(5-2)6-3/h5,13-22,24H,2,4,6-12H2,1,3H3/t21-,22?,24-. The van der Waals surface area contributed by atoms with Crippen LogP contribution in [0.2, 0.25) is 0 Å². The van der Waals surface area contributed by atoms with Crippen LogP contribution in [0.4, 0.5) is 0 Å². The summed E-state index contributed by atoms with van der Waals surface area (Å²) >= 11 is 0. The van der Waals surface area contributed by atoms with E-state index in [4.69, 9.17) is 4.74 Å². The van der Waals surface area contributed by atoms with Gasteiger partial charge in [0.2, 0.25) is 0 Å². The molecule has 0 aromatic heterocycles. The number of carbonyl (C=O) groups excluding carboxylic acids is 1. The summed E-state index contributed by atoms with van der Waals surface area (Å²) in [6.07, 6.45) is 12.3. The Bertz CT molecular complexity index is 796. The minimum Gasteiger partial charge on any atom is -0.423 e. The average Bonchev–Trinajstić information content (AvgIpc) is 2.80. The van der Waals surface area contributed by atoms with E-state index in [-0.39, 0.29) is 5.97 Å². The number of allylic oxidation sites excluding steroid dienone is 1. The first-order valence-corrected chi connectivity index (χ1v) is 11.7. The number of hydrogen-bond acceptors (Lipinski definition) is 2. The van der Waals surface area contributed by atoms with E-state index in [1.54, 1.807) is 0 Å². The molecule has 1 saturated carbocycles. The summed E-state index contributed by atoms with van der Waals surface area (Å²) in [6, 6.07) is 15.8. The van der Waals surface area contributed by atoms with Gasteiger partial charge in [0, 0.05) is 5.92 Å². The third kappa shape index (κ3) is 5.84. The Balaban J connectivity index is 1.54. The highest BCUT2D eigenvalue weighted by atomic mass is 16.5. The second-order valence-corrected chi connectivity index (χ2v) is 8.69. The van der Waals surface area contributed by atoms with Gasteiger partial charge in [-0.05, 0) is 79.3 Å². The van der Waals surface area contributed by atoms with Crippen LogP contribution in [-0.4, -0.2) is 5.97 Å². The molecule has 160 valence electrons. The van der Waals surface area contributed by atoms with Crippen LogP contribution in [0, 0.1) is 5.92 Å². The molecule has 0 bridgehead atoms. The smallest absolute Gasteiger partial charge is 0.343 e. The van der Waals surface area contributed by atoms with E-state index in [0.717, 1.165) is 12.3 Å². The molecule has 30 heavy (non-hydrogen) atoms. The Morgan fingerprint density at radius 2 is 1.70 bits per heavy atom. The largest absolute Gasteiger partial charge is 0.423 e. The van der Waals surface area contributed by atoms with Gasteiger partial charge in [-0.25, -0.2) is 4.79 Å². The third-order valence-electron chi connectivity index (χ3n) is 6.67. The summed E-state index contributed by atoms with van der Waals surface area (Å²) < 4.78 is 5.57. The number of benzene rings is 2. The summed E-state index contributed by atoms with van der Waals surface area (Å²) in [5, 5.41) is 0. The molecule has 2 nitrogen and oxygen atoms in total. The predicted molar refractivity (Wildman–Crippen MR) is 125 cm³/mol. The maximum absolute atomic E-state index is 12.5. The van der Waals surface area contributed by atoms with E-state index in [1.165, 1.54) is 56.1 Å². The Hall–Kier alpha value is -2.35. The Kier molecular flexibility index (Phi) is 8.30. The minimum atomic E-state index is -0.298. The molecule has 1 atom stereocenters. The minimum absolute atomic E-state index is 0.298. The van der Waals surface area contributed by atoms with Crippen molar-refractivity contribution in [2.75, 3.05) is 0 Å². The molecule has 2 aromatic rings. The lowest BCUT2D eigenvalue weighted by molar-refractivity contribution is 0.0734. The normalized spacial score (nSPS) is 19.8. The zero-order valence-electron chi connectivity index (χ0n) is 18.6. The van der Waals surface area contributed by atoms with E-state index >= 15 is 0 Å². The van der Waals surface area contributed by atoms with Crippen LogP contribution in [0.5, 0.6) is 5.75 Å². The molecule has 2 aromatic carbocycles. The third-order valence-corrected chi connectivity index (χ3v) is 6.67. The summed E-state index contributed by atoms with van der Waals surface area (Å²) in [6.45, 7) is 8.31. The monoisotopic (exact) mass is 404 g/mol. The number of rotatable bonds is 9. The van der Waals surface area contributed by atoms with Crippen molar-refractivity contribution >= 4 is 5.97 Å². The van der Waals surface area contributed by atoms with Gasteiger partial charge in [-0.2, -0.15) is 0 Å². The summed E-state index contributed by atoms with van der Waals surface area (Å²) in [5.41, 5.74) is 3.16. The maximum Gasteiger partial charge on any atom is 0.343 e. The molecule has 0 saturated heterocycles. The topological polar surface area (TPSA) is 26.3 Å². The number of hydrogen-bond donors (Lipinski definition) is 0. The van der Waals surface area contributed by atoms with E-state index in [2.05, 4.69) is 32.6 Å². The number of esters is 1. The van der Waals surface area contributed by atoms with Gasteiger partial charge in [0.25, 0.3) is 0 Å². The molecule has 0 N–H and O–H groups in total. The van der Waals surface area contributed by atoms with Crippen LogP contribution in [0.15, 0.2) is 61.2 Å². The summed E-state index contributed by atoms with van der Waals surface area (Å²) in [4.78, 5) is 12.5.